The predicted octanol–water partition coefficient (Wildman–Crippen LogP) is 5.14. The number of ether oxygens (including phenoxy) is 2. The molecule has 154 valence electrons. The second-order valence-corrected chi connectivity index (χ2v) is 7.92. The molecule has 0 amide bonds. The summed E-state index contributed by atoms with van der Waals surface area (Å²) in [6, 6.07) is 15.6. The van der Waals surface area contributed by atoms with E-state index < -0.39 is 24.0 Å². The molecule has 0 fully saturated rings. The van der Waals surface area contributed by atoms with Crippen LogP contribution in [0.2, 0.25) is 0 Å². The number of unbranched alkanes of at least 4 members (excludes halogenated alkanes) is 1. The highest BCUT2D eigenvalue weighted by Crippen LogP contribution is 2.24. The minimum atomic E-state index is -1.31. The zero-order valence-corrected chi connectivity index (χ0v) is 17.4. The van der Waals surface area contributed by atoms with Crippen molar-refractivity contribution in [3.8, 4) is 0 Å². The summed E-state index contributed by atoms with van der Waals surface area (Å²) in [6.45, 7) is 8.18. The van der Waals surface area contributed by atoms with E-state index in [2.05, 4.69) is 20.8 Å². The number of rotatable bonds is 7. The molecule has 0 aliphatic rings. The van der Waals surface area contributed by atoms with Gasteiger partial charge in [0.1, 0.15) is 0 Å². The fraction of sp³-hybridized carbons (Fsp3) is 0.375. The Labute approximate surface area is 172 Å². The van der Waals surface area contributed by atoms with Crippen molar-refractivity contribution in [2.45, 2.75) is 58.5 Å². The van der Waals surface area contributed by atoms with Gasteiger partial charge in [-0.15, -0.1) is 0 Å². The number of hydrogen-bond donors (Lipinski definition) is 0. The summed E-state index contributed by atoms with van der Waals surface area (Å²) >= 11 is 0. The maximum atomic E-state index is 12.6. The average molecular weight is 396 g/mol. The van der Waals surface area contributed by atoms with Gasteiger partial charge in [-0.25, -0.2) is 9.59 Å². The van der Waals surface area contributed by atoms with E-state index in [1.807, 2.05) is 19.1 Å². The van der Waals surface area contributed by atoms with Crippen LogP contribution in [0.1, 0.15) is 74.5 Å². The zero-order valence-electron chi connectivity index (χ0n) is 17.4. The van der Waals surface area contributed by atoms with Gasteiger partial charge in [0.2, 0.25) is 6.10 Å². The molecular weight excluding hydrogens is 368 g/mol. The Bertz CT molecular complexity index is 832. The molecule has 0 aliphatic carbocycles. The van der Waals surface area contributed by atoms with Crippen LogP contribution in [0, 0.1) is 0 Å². The van der Waals surface area contributed by atoms with Crippen LogP contribution in [0.3, 0.4) is 0 Å². The van der Waals surface area contributed by atoms with Crippen molar-refractivity contribution in [2.75, 3.05) is 0 Å². The Morgan fingerprint density at radius 3 is 2.10 bits per heavy atom. The molecule has 0 saturated heterocycles. The van der Waals surface area contributed by atoms with Crippen molar-refractivity contribution in [3.63, 3.8) is 0 Å². The van der Waals surface area contributed by atoms with E-state index in [4.69, 9.17) is 9.47 Å². The van der Waals surface area contributed by atoms with Gasteiger partial charge in [0.25, 0.3) is 0 Å². The second-order valence-electron chi connectivity index (χ2n) is 7.92. The lowest BCUT2D eigenvalue weighted by atomic mass is 9.87. The first kappa shape index (κ1) is 22.3. The summed E-state index contributed by atoms with van der Waals surface area (Å²) in [6.07, 6.45) is 0.274. The van der Waals surface area contributed by atoms with Crippen molar-refractivity contribution in [1.29, 1.82) is 0 Å². The molecule has 1 unspecified atom stereocenters. The summed E-state index contributed by atoms with van der Waals surface area (Å²) < 4.78 is 10.4. The SMILES string of the molecule is CCCCC(=O)OC(=O)C(OC(=O)c1ccc(C(C)(C)C)cc1)c1ccccc1. The van der Waals surface area contributed by atoms with Crippen LogP contribution in [-0.4, -0.2) is 17.9 Å². The van der Waals surface area contributed by atoms with Gasteiger partial charge < -0.3 is 9.47 Å². The highest BCUT2D eigenvalue weighted by Gasteiger charge is 2.29. The van der Waals surface area contributed by atoms with Crippen LogP contribution >= 0.6 is 0 Å². The largest absolute Gasteiger partial charge is 0.442 e. The lowest BCUT2D eigenvalue weighted by molar-refractivity contribution is -0.166. The Morgan fingerprint density at radius 2 is 1.55 bits per heavy atom. The molecule has 2 rings (SSSR count). The quantitative estimate of drug-likeness (QED) is 0.479. The minimum absolute atomic E-state index is 0.0440. The number of benzene rings is 2. The third kappa shape index (κ3) is 6.56. The third-order valence-electron chi connectivity index (χ3n) is 4.48. The lowest BCUT2D eigenvalue weighted by Gasteiger charge is -2.19. The lowest BCUT2D eigenvalue weighted by Crippen LogP contribution is -2.24. The van der Waals surface area contributed by atoms with Gasteiger partial charge in [-0.3, -0.25) is 4.79 Å². The molecule has 29 heavy (non-hydrogen) atoms. The average Bonchev–Trinajstić information content (AvgIpc) is 2.70. The topological polar surface area (TPSA) is 69.7 Å². The maximum Gasteiger partial charge on any atom is 0.359 e. The van der Waals surface area contributed by atoms with Crippen molar-refractivity contribution < 1.29 is 23.9 Å². The first-order valence-corrected chi connectivity index (χ1v) is 9.83. The van der Waals surface area contributed by atoms with Crippen LogP contribution in [0.4, 0.5) is 0 Å². The molecule has 0 aromatic heterocycles. The van der Waals surface area contributed by atoms with Gasteiger partial charge in [0.15, 0.2) is 0 Å². The van der Waals surface area contributed by atoms with Crippen LogP contribution in [0.15, 0.2) is 54.6 Å². The summed E-state index contributed by atoms with van der Waals surface area (Å²) in [5, 5.41) is 0. The molecule has 0 heterocycles. The number of carbonyl (C=O) groups excluding carboxylic acids is 3. The Kier molecular flexibility index (Phi) is 7.71. The monoisotopic (exact) mass is 396 g/mol. The van der Waals surface area contributed by atoms with E-state index in [9.17, 15) is 14.4 Å². The standard InChI is InChI=1S/C24H28O5/c1-5-6-12-20(25)28-23(27)21(17-10-8-7-9-11-17)29-22(26)18-13-15-19(16-14-18)24(2,3)4/h7-11,13-16,21H,5-6,12H2,1-4H3. The number of esters is 3. The van der Waals surface area contributed by atoms with E-state index >= 15 is 0 Å². The van der Waals surface area contributed by atoms with Crippen molar-refractivity contribution >= 4 is 17.9 Å². The van der Waals surface area contributed by atoms with Crippen LogP contribution < -0.4 is 0 Å². The molecule has 0 bridgehead atoms. The molecule has 2 aromatic rings. The first-order chi connectivity index (χ1) is 13.7. The molecule has 0 radical (unpaired) electrons. The molecule has 0 spiro atoms. The van der Waals surface area contributed by atoms with Crippen molar-refractivity contribution in [2.24, 2.45) is 0 Å². The summed E-state index contributed by atoms with van der Waals surface area (Å²) in [7, 11) is 0. The van der Waals surface area contributed by atoms with E-state index in [0.29, 0.717) is 17.5 Å². The smallest absolute Gasteiger partial charge is 0.359 e. The van der Waals surface area contributed by atoms with Crippen molar-refractivity contribution in [1.82, 2.24) is 0 Å². The number of hydrogen-bond acceptors (Lipinski definition) is 5. The van der Waals surface area contributed by atoms with Gasteiger partial charge in [-0.1, -0.05) is 76.6 Å². The van der Waals surface area contributed by atoms with Gasteiger partial charge >= 0.3 is 17.9 Å². The normalized spacial score (nSPS) is 12.1. The summed E-state index contributed by atoms with van der Waals surface area (Å²) in [4.78, 5) is 37.0. The van der Waals surface area contributed by atoms with Crippen LogP contribution in [0.25, 0.3) is 0 Å². The maximum absolute atomic E-state index is 12.6. The van der Waals surface area contributed by atoms with Gasteiger partial charge in [0, 0.05) is 12.0 Å². The molecule has 0 N–H and O–H groups in total. The second kappa shape index (κ2) is 10.0. The molecule has 0 saturated carbocycles. The van der Waals surface area contributed by atoms with E-state index in [0.717, 1.165) is 12.0 Å². The summed E-state index contributed by atoms with van der Waals surface area (Å²) in [5.41, 5.74) is 1.80. The van der Waals surface area contributed by atoms with E-state index in [1.54, 1.807) is 42.5 Å². The van der Waals surface area contributed by atoms with Crippen LogP contribution in [-0.2, 0) is 24.5 Å². The fourth-order valence-electron chi connectivity index (χ4n) is 2.70. The molecular formula is C24H28O5. The molecule has 5 heteroatoms. The molecule has 2 aromatic carbocycles. The van der Waals surface area contributed by atoms with Crippen molar-refractivity contribution in [3.05, 3.63) is 71.3 Å². The zero-order chi connectivity index (χ0) is 21.4. The first-order valence-electron chi connectivity index (χ1n) is 9.83. The van der Waals surface area contributed by atoms with E-state index in [1.165, 1.54) is 0 Å². The number of carbonyl (C=O) groups is 3. The highest BCUT2D eigenvalue weighted by molar-refractivity contribution is 5.94. The summed E-state index contributed by atoms with van der Waals surface area (Å²) in [5.74, 6) is -2.17. The van der Waals surface area contributed by atoms with Gasteiger partial charge in [0.05, 0.1) is 5.56 Å². The van der Waals surface area contributed by atoms with Gasteiger partial charge in [-0.2, -0.15) is 0 Å². The molecule has 0 aliphatic heterocycles. The van der Waals surface area contributed by atoms with Gasteiger partial charge in [-0.05, 0) is 29.5 Å². The highest BCUT2D eigenvalue weighted by atomic mass is 16.6. The van der Waals surface area contributed by atoms with E-state index in [-0.39, 0.29) is 11.8 Å². The fourth-order valence-corrected chi connectivity index (χ4v) is 2.70. The minimum Gasteiger partial charge on any atom is -0.442 e. The molecule has 1 atom stereocenters. The Morgan fingerprint density at radius 1 is 0.931 bits per heavy atom. The molecule has 5 nitrogen and oxygen atoms in total. The third-order valence-corrected chi connectivity index (χ3v) is 4.48. The Balaban J connectivity index is 2.18. The Hall–Kier alpha value is -2.95. The predicted molar refractivity (Wildman–Crippen MR) is 110 cm³/mol. The van der Waals surface area contributed by atoms with Crippen LogP contribution in [0.5, 0.6) is 0 Å².